The summed E-state index contributed by atoms with van der Waals surface area (Å²) in [4.78, 5) is 0. The van der Waals surface area contributed by atoms with Gasteiger partial charge in [-0.2, -0.15) is 0 Å². The molecule has 2 nitrogen and oxygen atoms in total. The van der Waals surface area contributed by atoms with Crippen molar-refractivity contribution in [1.82, 2.24) is 5.32 Å². The van der Waals surface area contributed by atoms with Gasteiger partial charge in [-0.25, -0.2) is 0 Å². The molecule has 2 heteroatoms. The van der Waals surface area contributed by atoms with Gasteiger partial charge in [-0.3, -0.25) is 0 Å². The summed E-state index contributed by atoms with van der Waals surface area (Å²) in [6, 6.07) is 0.712. The van der Waals surface area contributed by atoms with Crippen LogP contribution in [0, 0.1) is 5.92 Å². The minimum atomic E-state index is 0.315. The van der Waals surface area contributed by atoms with Crippen LogP contribution in [0.25, 0.3) is 0 Å². The highest BCUT2D eigenvalue weighted by atomic mass is 16.5. The lowest BCUT2D eigenvalue weighted by Gasteiger charge is -2.24. The molecule has 1 spiro atoms. The first kappa shape index (κ1) is 11.0. The zero-order valence-corrected chi connectivity index (χ0v) is 10.5. The van der Waals surface area contributed by atoms with Gasteiger partial charge < -0.3 is 10.1 Å². The molecule has 2 atom stereocenters. The maximum Gasteiger partial charge on any atom is 0.0708 e. The second-order valence-corrected chi connectivity index (χ2v) is 6.20. The summed E-state index contributed by atoms with van der Waals surface area (Å²) < 4.78 is 6.30. The summed E-state index contributed by atoms with van der Waals surface area (Å²) in [5.41, 5.74) is 0.315. The third kappa shape index (κ3) is 2.28. The number of hydrogen-bond acceptors (Lipinski definition) is 2. The van der Waals surface area contributed by atoms with Gasteiger partial charge in [-0.05, 0) is 51.4 Å². The average molecular weight is 223 g/mol. The van der Waals surface area contributed by atoms with Crippen LogP contribution in [0.15, 0.2) is 0 Å². The van der Waals surface area contributed by atoms with Crippen LogP contribution in [0.3, 0.4) is 0 Å². The van der Waals surface area contributed by atoms with Gasteiger partial charge in [0.15, 0.2) is 0 Å². The molecule has 2 unspecified atom stereocenters. The molecule has 2 saturated carbocycles. The van der Waals surface area contributed by atoms with E-state index in [4.69, 9.17) is 4.74 Å². The summed E-state index contributed by atoms with van der Waals surface area (Å²) in [5.74, 6) is 0.960. The van der Waals surface area contributed by atoms with E-state index in [2.05, 4.69) is 12.2 Å². The Balaban J connectivity index is 1.43. The molecule has 1 aliphatic heterocycles. The lowest BCUT2D eigenvalue weighted by atomic mass is 9.98. The number of rotatable bonds is 4. The molecule has 92 valence electrons. The summed E-state index contributed by atoms with van der Waals surface area (Å²) in [5, 5.41) is 3.67. The lowest BCUT2D eigenvalue weighted by Crippen LogP contribution is -2.36. The van der Waals surface area contributed by atoms with Gasteiger partial charge >= 0.3 is 0 Å². The second kappa shape index (κ2) is 4.30. The molecule has 0 aromatic rings. The van der Waals surface area contributed by atoms with Crippen LogP contribution in [-0.2, 0) is 4.74 Å². The van der Waals surface area contributed by atoms with E-state index in [-0.39, 0.29) is 0 Å². The largest absolute Gasteiger partial charge is 0.370 e. The molecule has 0 bridgehead atoms. The highest BCUT2D eigenvalue weighted by Crippen LogP contribution is 2.43. The molecule has 0 radical (unpaired) electrons. The normalized spacial score (nSPS) is 34.7. The van der Waals surface area contributed by atoms with E-state index in [9.17, 15) is 0 Å². The monoisotopic (exact) mass is 223 g/mol. The fraction of sp³-hybridized carbons (Fsp3) is 1.00. The van der Waals surface area contributed by atoms with Crippen LogP contribution in [0.1, 0.15) is 58.3 Å². The lowest BCUT2D eigenvalue weighted by molar-refractivity contribution is -0.0359. The fourth-order valence-corrected chi connectivity index (χ4v) is 3.51. The molecule has 1 N–H and O–H groups in total. The van der Waals surface area contributed by atoms with Crippen molar-refractivity contribution >= 4 is 0 Å². The van der Waals surface area contributed by atoms with E-state index >= 15 is 0 Å². The van der Waals surface area contributed by atoms with Crippen molar-refractivity contribution in [1.29, 1.82) is 0 Å². The van der Waals surface area contributed by atoms with Gasteiger partial charge in [0, 0.05) is 12.6 Å². The van der Waals surface area contributed by atoms with Crippen LogP contribution < -0.4 is 5.32 Å². The smallest absolute Gasteiger partial charge is 0.0708 e. The predicted octanol–water partition coefficient (Wildman–Crippen LogP) is 2.87. The second-order valence-electron chi connectivity index (χ2n) is 6.20. The highest BCUT2D eigenvalue weighted by Gasteiger charge is 2.42. The maximum absolute atomic E-state index is 6.30. The SMILES string of the molecule is CC(NCC1CCC2(CCCC2)O1)C1CC1. The Morgan fingerprint density at radius 2 is 1.94 bits per heavy atom. The Labute approximate surface area is 99.1 Å². The number of hydrogen-bond donors (Lipinski definition) is 1. The Hall–Kier alpha value is -0.0800. The third-order valence-electron chi connectivity index (χ3n) is 4.85. The third-order valence-corrected chi connectivity index (χ3v) is 4.85. The van der Waals surface area contributed by atoms with Gasteiger partial charge in [0.1, 0.15) is 0 Å². The standard InChI is InChI=1S/C14H25NO/c1-11(12-4-5-12)15-10-13-6-9-14(16-13)7-2-3-8-14/h11-13,15H,2-10H2,1H3. The summed E-state index contributed by atoms with van der Waals surface area (Å²) in [6.45, 7) is 3.41. The van der Waals surface area contributed by atoms with Crippen LogP contribution in [-0.4, -0.2) is 24.3 Å². The van der Waals surface area contributed by atoms with Crippen molar-refractivity contribution in [2.45, 2.75) is 76.0 Å². The van der Waals surface area contributed by atoms with E-state index in [1.54, 1.807) is 0 Å². The van der Waals surface area contributed by atoms with E-state index in [0.717, 1.165) is 12.5 Å². The molecule has 0 aromatic carbocycles. The molecule has 3 fully saturated rings. The average Bonchev–Trinajstić information content (AvgIpc) is 2.94. The van der Waals surface area contributed by atoms with E-state index in [1.165, 1.54) is 51.4 Å². The van der Waals surface area contributed by atoms with E-state index in [0.29, 0.717) is 17.7 Å². The first-order valence-corrected chi connectivity index (χ1v) is 7.19. The first-order valence-electron chi connectivity index (χ1n) is 7.19. The molecule has 1 saturated heterocycles. The molecular weight excluding hydrogens is 198 g/mol. The van der Waals surface area contributed by atoms with Crippen molar-refractivity contribution < 1.29 is 4.74 Å². The van der Waals surface area contributed by atoms with Crippen LogP contribution in [0.5, 0.6) is 0 Å². The summed E-state index contributed by atoms with van der Waals surface area (Å²) in [7, 11) is 0. The molecule has 0 amide bonds. The number of nitrogens with one attached hydrogen (secondary N) is 1. The van der Waals surface area contributed by atoms with Gasteiger partial charge in [0.05, 0.1) is 11.7 Å². The molecular formula is C14H25NO. The molecule has 3 rings (SSSR count). The van der Waals surface area contributed by atoms with Crippen molar-refractivity contribution in [2.24, 2.45) is 5.92 Å². The topological polar surface area (TPSA) is 21.3 Å². The Morgan fingerprint density at radius 3 is 2.62 bits per heavy atom. The zero-order chi connectivity index (χ0) is 11.0. The molecule has 0 aromatic heterocycles. The van der Waals surface area contributed by atoms with Crippen LogP contribution in [0.2, 0.25) is 0 Å². The Morgan fingerprint density at radius 1 is 1.19 bits per heavy atom. The van der Waals surface area contributed by atoms with Gasteiger partial charge in [0.25, 0.3) is 0 Å². The highest BCUT2D eigenvalue weighted by molar-refractivity contribution is 4.94. The maximum atomic E-state index is 6.30. The quantitative estimate of drug-likeness (QED) is 0.791. The Kier molecular flexibility index (Phi) is 2.97. The van der Waals surface area contributed by atoms with Crippen molar-refractivity contribution in [3.8, 4) is 0 Å². The minimum Gasteiger partial charge on any atom is -0.370 e. The van der Waals surface area contributed by atoms with E-state index in [1.807, 2.05) is 0 Å². The van der Waals surface area contributed by atoms with E-state index < -0.39 is 0 Å². The first-order chi connectivity index (χ1) is 7.77. The predicted molar refractivity (Wildman–Crippen MR) is 65.5 cm³/mol. The summed E-state index contributed by atoms with van der Waals surface area (Å²) in [6.07, 6.45) is 11.4. The van der Waals surface area contributed by atoms with Gasteiger partial charge in [-0.1, -0.05) is 12.8 Å². The van der Waals surface area contributed by atoms with Crippen molar-refractivity contribution in [2.75, 3.05) is 6.54 Å². The molecule has 1 heterocycles. The van der Waals surface area contributed by atoms with Gasteiger partial charge in [-0.15, -0.1) is 0 Å². The minimum absolute atomic E-state index is 0.315. The molecule has 3 aliphatic rings. The number of ether oxygens (including phenoxy) is 1. The Bertz CT molecular complexity index is 243. The van der Waals surface area contributed by atoms with Crippen molar-refractivity contribution in [3.63, 3.8) is 0 Å². The molecule has 2 aliphatic carbocycles. The van der Waals surface area contributed by atoms with Crippen molar-refractivity contribution in [3.05, 3.63) is 0 Å². The zero-order valence-electron chi connectivity index (χ0n) is 10.5. The fourth-order valence-electron chi connectivity index (χ4n) is 3.51. The van der Waals surface area contributed by atoms with Gasteiger partial charge in [0.2, 0.25) is 0 Å². The summed E-state index contributed by atoms with van der Waals surface area (Å²) >= 11 is 0. The van der Waals surface area contributed by atoms with Crippen LogP contribution >= 0.6 is 0 Å². The molecule has 16 heavy (non-hydrogen) atoms. The van der Waals surface area contributed by atoms with Crippen LogP contribution in [0.4, 0.5) is 0 Å².